The summed E-state index contributed by atoms with van der Waals surface area (Å²) in [7, 11) is 0. The van der Waals surface area contributed by atoms with Crippen molar-refractivity contribution in [1.29, 1.82) is 0 Å². The van der Waals surface area contributed by atoms with Gasteiger partial charge < -0.3 is 4.74 Å². The smallest absolute Gasteiger partial charge is 0.433 e. The predicted octanol–water partition coefficient (Wildman–Crippen LogP) is 4.09. The zero-order valence-electron chi connectivity index (χ0n) is 10.6. The van der Waals surface area contributed by atoms with Crippen LogP contribution in [-0.4, -0.2) is 11.6 Å². The number of alkyl halides is 3. The molecule has 3 rings (SSSR count). The Morgan fingerprint density at radius 3 is 2.65 bits per heavy atom. The summed E-state index contributed by atoms with van der Waals surface area (Å²) in [6, 6.07) is 8.14. The molecule has 5 heteroatoms. The summed E-state index contributed by atoms with van der Waals surface area (Å²) in [5.74, 6) is 0.764. The number of halogens is 3. The molecule has 2 heterocycles. The first kappa shape index (κ1) is 13.0. The van der Waals surface area contributed by atoms with Gasteiger partial charge in [0.15, 0.2) is 0 Å². The van der Waals surface area contributed by atoms with E-state index in [0.29, 0.717) is 12.2 Å². The highest BCUT2D eigenvalue weighted by Gasteiger charge is 2.32. The third-order valence-electron chi connectivity index (χ3n) is 3.30. The molecular formula is C15H12F3NO. The van der Waals surface area contributed by atoms with Gasteiger partial charge in [0.05, 0.1) is 6.61 Å². The molecule has 0 bridgehead atoms. The maximum Gasteiger partial charge on any atom is 0.433 e. The lowest BCUT2D eigenvalue weighted by Gasteiger charge is -2.20. The summed E-state index contributed by atoms with van der Waals surface area (Å²) in [4.78, 5) is 3.49. The van der Waals surface area contributed by atoms with E-state index in [-0.39, 0.29) is 0 Å². The number of aromatic nitrogens is 1. The van der Waals surface area contributed by atoms with Crippen LogP contribution in [0.15, 0.2) is 36.5 Å². The van der Waals surface area contributed by atoms with Gasteiger partial charge in [-0.3, -0.25) is 4.98 Å². The zero-order valence-corrected chi connectivity index (χ0v) is 10.6. The highest BCUT2D eigenvalue weighted by molar-refractivity contribution is 5.72. The van der Waals surface area contributed by atoms with E-state index in [1.165, 1.54) is 12.3 Å². The lowest BCUT2D eigenvalue weighted by molar-refractivity contribution is -0.141. The van der Waals surface area contributed by atoms with E-state index < -0.39 is 11.9 Å². The standard InChI is InChI=1S/C15H12F3NO/c16-15(17,18)13-7-6-11(9-19-13)12-5-1-3-10-4-2-8-20-14(10)12/h1,3,5-7,9H,2,4,8H2. The van der Waals surface area contributed by atoms with Crippen LogP contribution < -0.4 is 4.74 Å². The van der Waals surface area contributed by atoms with E-state index in [2.05, 4.69) is 4.98 Å². The topological polar surface area (TPSA) is 22.1 Å². The van der Waals surface area contributed by atoms with Crippen LogP contribution in [0.3, 0.4) is 0 Å². The van der Waals surface area contributed by atoms with Crippen molar-refractivity contribution in [1.82, 2.24) is 4.98 Å². The SMILES string of the molecule is FC(F)(F)c1ccc(-c2cccc3c2OCCC3)cn1. The van der Waals surface area contributed by atoms with Crippen LogP contribution in [0.25, 0.3) is 11.1 Å². The molecule has 0 saturated heterocycles. The molecule has 104 valence electrons. The Morgan fingerprint density at radius 2 is 1.95 bits per heavy atom. The van der Waals surface area contributed by atoms with Gasteiger partial charge in [-0.15, -0.1) is 0 Å². The maximum atomic E-state index is 12.5. The number of hydrogen-bond acceptors (Lipinski definition) is 2. The van der Waals surface area contributed by atoms with E-state index in [9.17, 15) is 13.2 Å². The molecule has 2 nitrogen and oxygen atoms in total. The molecule has 0 spiro atoms. The number of benzene rings is 1. The van der Waals surface area contributed by atoms with Crippen LogP contribution >= 0.6 is 0 Å². The van der Waals surface area contributed by atoms with E-state index in [0.717, 1.165) is 35.8 Å². The molecule has 0 N–H and O–H groups in total. The fourth-order valence-corrected chi connectivity index (χ4v) is 2.34. The largest absolute Gasteiger partial charge is 0.493 e. The summed E-state index contributed by atoms with van der Waals surface area (Å²) in [6.07, 6.45) is -1.28. The van der Waals surface area contributed by atoms with Crippen LogP contribution in [0.1, 0.15) is 17.7 Å². The fourth-order valence-electron chi connectivity index (χ4n) is 2.34. The maximum absolute atomic E-state index is 12.5. The molecule has 20 heavy (non-hydrogen) atoms. The minimum absolute atomic E-state index is 0.636. The molecule has 0 aliphatic carbocycles. The van der Waals surface area contributed by atoms with Crippen molar-refractivity contribution in [2.45, 2.75) is 19.0 Å². The second-order valence-corrected chi connectivity index (χ2v) is 4.68. The van der Waals surface area contributed by atoms with Crippen LogP contribution in [0.5, 0.6) is 5.75 Å². The number of fused-ring (bicyclic) bond motifs is 1. The summed E-state index contributed by atoms with van der Waals surface area (Å²) in [5, 5.41) is 0. The molecule has 1 aliphatic heterocycles. The van der Waals surface area contributed by atoms with Crippen molar-refractivity contribution < 1.29 is 17.9 Å². The van der Waals surface area contributed by atoms with Crippen LogP contribution in [0.4, 0.5) is 13.2 Å². The predicted molar refractivity (Wildman–Crippen MR) is 68.5 cm³/mol. The summed E-state index contributed by atoms with van der Waals surface area (Å²) < 4.78 is 43.2. The van der Waals surface area contributed by atoms with E-state index in [1.807, 2.05) is 18.2 Å². The Hall–Kier alpha value is -2.04. The minimum Gasteiger partial charge on any atom is -0.493 e. The van der Waals surface area contributed by atoms with Gasteiger partial charge in [-0.05, 0) is 24.5 Å². The van der Waals surface area contributed by atoms with Crippen molar-refractivity contribution in [3.63, 3.8) is 0 Å². The van der Waals surface area contributed by atoms with E-state index >= 15 is 0 Å². The molecular weight excluding hydrogens is 267 g/mol. The van der Waals surface area contributed by atoms with Gasteiger partial charge in [0.1, 0.15) is 11.4 Å². The van der Waals surface area contributed by atoms with Crippen LogP contribution in [-0.2, 0) is 12.6 Å². The van der Waals surface area contributed by atoms with Gasteiger partial charge in [0, 0.05) is 17.3 Å². The highest BCUT2D eigenvalue weighted by atomic mass is 19.4. The molecule has 1 aliphatic rings. The van der Waals surface area contributed by atoms with Gasteiger partial charge in [0.2, 0.25) is 0 Å². The molecule has 1 aromatic heterocycles. The monoisotopic (exact) mass is 279 g/mol. The molecule has 0 fully saturated rings. The molecule has 0 unspecified atom stereocenters. The Balaban J connectivity index is 2.01. The third kappa shape index (κ3) is 2.35. The second-order valence-electron chi connectivity index (χ2n) is 4.68. The van der Waals surface area contributed by atoms with Crippen molar-refractivity contribution in [2.24, 2.45) is 0 Å². The highest BCUT2D eigenvalue weighted by Crippen LogP contribution is 2.36. The van der Waals surface area contributed by atoms with Gasteiger partial charge in [-0.25, -0.2) is 0 Å². The lowest BCUT2D eigenvalue weighted by Crippen LogP contribution is -2.10. The summed E-state index contributed by atoms with van der Waals surface area (Å²) >= 11 is 0. The van der Waals surface area contributed by atoms with Crippen molar-refractivity contribution in [3.8, 4) is 16.9 Å². The first-order valence-corrected chi connectivity index (χ1v) is 6.34. The number of nitrogens with zero attached hydrogens (tertiary/aromatic N) is 1. The molecule has 0 saturated carbocycles. The second kappa shape index (κ2) is 4.81. The van der Waals surface area contributed by atoms with Gasteiger partial charge in [-0.1, -0.05) is 24.3 Å². The molecule has 0 radical (unpaired) electrons. The number of aryl methyl sites for hydroxylation is 1. The minimum atomic E-state index is -4.41. The van der Waals surface area contributed by atoms with Gasteiger partial charge >= 0.3 is 6.18 Å². The van der Waals surface area contributed by atoms with Crippen molar-refractivity contribution >= 4 is 0 Å². The van der Waals surface area contributed by atoms with Crippen molar-refractivity contribution in [2.75, 3.05) is 6.61 Å². The average molecular weight is 279 g/mol. The Labute approximate surface area is 114 Å². The normalized spacial score (nSPS) is 14.6. The van der Waals surface area contributed by atoms with Crippen molar-refractivity contribution in [3.05, 3.63) is 47.8 Å². The van der Waals surface area contributed by atoms with Gasteiger partial charge in [-0.2, -0.15) is 13.2 Å². The van der Waals surface area contributed by atoms with E-state index in [4.69, 9.17) is 4.74 Å². The average Bonchev–Trinajstić information content (AvgIpc) is 2.46. The fraction of sp³-hybridized carbons (Fsp3) is 0.267. The number of hydrogen-bond donors (Lipinski definition) is 0. The first-order valence-electron chi connectivity index (χ1n) is 6.34. The summed E-state index contributed by atoms with van der Waals surface area (Å²) in [5.41, 5.74) is 1.64. The summed E-state index contributed by atoms with van der Waals surface area (Å²) in [6.45, 7) is 0.637. The molecule has 0 amide bonds. The van der Waals surface area contributed by atoms with Crippen LogP contribution in [0.2, 0.25) is 0 Å². The molecule has 2 aromatic rings. The van der Waals surface area contributed by atoms with Gasteiger partial charge in [0.25, 0.3) is 0 Å². The quantitative estimate of drug-likeness (QED) is 0.784. The number of rotatable bonds is 1. The van der Waals surface area contributed by atoms with Crippen LogP contribution in [0, 0.1) is 0 Å². The number of ether oxygens (including phenoxy) is 1. The van der Waals surface area contributed by atoms with E-state index in [1.54, 1.807) is 0 Å². The molecule has 1 aromatic carbocycles. The lowest BCUT2D eigenvalue weighted by atomic mass is 9.98. The first-order chi connectivity index (χ1) is 9.55. The number of para-hydroxylation sites is 1. The Morgan fingerprint density at radius 1 is 1.10 bits per heavy atom. The Kier molecular flexibility index (Phi) is 3.12. The zero-order chi connectivity index (χ0) is 14.2. The third-order valence-corrected chi connectivity index (χ3v) is 3.30. The Bertz CT molecular complexity index is 620. The molecule has 0 atom stereocenters. The number of pyridine rings is 1.